The number of quaternary nitrogens is 1. The summed E-state index contributed by atoms with van der Waals surface area (Å²) in [6.45, 7) is 4.81. The van der Waals surface area contributed by atoms with Gasteiger partial charge in [0.05, 0.1) is 39.1 Å². The molecule has 1 aromatic rings. The van der Waals surface area contributed by atoms with Gasteiger partial charge in [0.2, 0.25) is 5.91 Å². The fourth-order valence-corrected chi connectivity index (χ4v) is 3.37. The van der Waals surface area contributed by atoms with Crippen molar-refractivity contribution in [1.82, 2.24) is 5.32 Å². The second-order valence-corrected chi connectivity index (χ2v) is 6.67. The van der Waals surface area contributed by atoms with Crippen molar-refractivity contribution < 1.29 is 24.0 Å². The number of hydrogen-bond donors (Lipinski definition) is 2. The van der Waals surface area contributed by atoms with Gasteiger partial charge in [-0.05, 0) is 24.4 Å². The molecule has 0 spiro atoms. The first-order valence-corrected chi connectivity index (χ1v) is 9.25. The molecule has 2 amide bonds. The van der Waals surface area contributed by atoms with Crippen LogP contribution in [0.4, 0.5) is 5.69 Å². The topological polar surface area (TPSA) is 84.7 Å². The van der Waals surface area contributed by atoms with Crippen LogP contribution in [-0.4, -0.2) is 69.6 Å². The fourth-order valence-electron chi connectivity index (χ4n) is 3.08. The normalized spacial score (nSPS) is 21.6. The van der Waals surface area contributed by atoms with Crippen LogP contribution in [-0.2, 0) is 14.3 Å². The standard InChI is InChI=1S/C18H22N4O4S/c1-25-15-5-3-2-4-14(15)22-17(24)13(16(23)20-18(22)27)12-19-6-7-21-8-10-26-11-9-21/h2-5,12-13H,6-11H2,1H3,(H,20,23,27)/p+1/t13-/m1/s1. The van der Waals surface area contributed by atoms with E-state index in [0.29, 0.717) is 18.0 Å². The number of thiocarbonyl (C=S) groups is 1. The molecule has 144 valence electrons. The summed E-state index contributed by atoms with van der Waals surface area (Å²) in [5.74, 6) is -1.41. The molecule has 0 aliphatic carbocycles. The van der Waals surface area contributed by atoms with Crippen LogP contribution in [0.3, 0.4) is 0 Å². The highest BCUT2D eigenvalue weighted by Gasteiger charge is 2.39. The average molecular weight is 391 g/mol. The molecule has 0 bridgehead atoms. The maximum atomic E-state index is 12.9. The van der Waals surface area contributed by atoms with E-state index < -0.39 is 17.7 Å². The molecule has 0 unspecified atom stereocenters. The molecule has 2 aliphatic rings. The van der Waals surface area contributed by atoms with Crippen LogP contribution < -0.4 is 19.9 Å². The Morgan fingerprint density at radius 1 is 1.37 bits per heavy atom. The third-order valence-electron chi connectivity index (χ3n) is 4.58. The van der Waals surface area contributed by atoms with Crippen LogP contribution in [0.2, 0.25) is 0 Å². The quantitative estimate of drug-likeness (QED) is 0.371. The van der Waals surface area contributed by atoms with Gasteiger partial charge < -0.3 is 19.7 Å². The van der Waals surface area contributed by atoms with E-state index in [1.165, 1.54) is 23.1 Å². The van der Waals surface area contributed by atoms with E-state index in [9.17, 15) is 9.59 Å². The number of aliphatic imine (C=N–C) groups is 1. The van der Waals surface area contributed by atoms with Crippen molar-refractivity contribution in [3.63, 3.8) is 0 Å². The molecule has 2 saturated heterocycles. The first-order valence-electron chi connectivity index (χ1n) is 8.85. The summed E-state index contributed by atoms with van der Waals surface area (Å²) >= 11 is 5.20. The van der Waals surface area contributed by atoms with E-state index in [2.05, 4.69) is 10.3 Å². The number of rotatable bonds is 6. The first-order chi connectivity index (χ1) is 13.1. The SMILES string of the molecule is COc1ccccc1N1C(=O)[C@H](C=NCC[NH+]2CCOCC2)C(=O)NC1=S. The van der Waals surface area contributed by atoms with Crippen molar-refractivity contribution in [1.29, 1.82) is 0 Å². The van der Waals surface area contributed by atoms with Crippen molar-refractivity contribution in [2.45, 2.75) is 0 Å². The Hall–Kier alpha value is -2.36. The summed E-state index contributed by atoms with van der Waals surface area (Å²) < 4.78 is 10.6. The number of carbonyl (C=O) groups excluding carboxylic acids is 2. The molecule has 3 rings (SSSR count). The highest BCUT2D eigenvalue weighted by Crippen LogP contribution is 2.30. The number of amides is 2. The molecule has 8 nitrogen and oxygen atoms in total. The highest BCUT2D eigenvalue weighted by atomic mass is 32.1. The van der Waals surface area contributed by atoms with Gasteiger partial charge in [-0.25, -0.2) is 0 Å². The van der Waals surface area contributed by atoms with Crippen LogP contribution in [0.5, 0.6) is 5.75 Å². The van der Waals surface area contributed by atoms with Crippen LogP contribution >= 0.6 is 12.2 Å². The number of carbonyl (C=O) groups is 2. The summed E-state index contributed by atoms with van der Waals surface area (Å²) in [5.41, 5.74) is 0.492. The lowest BCUT2D eigenvalue weighted by molar-refractivity contribution is -0.906. The summed E-state index contributed by atoms with van der Waals surface area (Å²) in [5, 5.41) is 2.62. The van der Waals surface area contributed by atoms with Crippen molar-refractivity contribution in [2.75, 3.05) is 51.4 Å². The van der Waals surface area contributed by atoms with Gasteiger partial charge >= 0.3 is 0 Å². The van der Waals surface area contributed by atoms with Crippen molar-refractivity contribution >= 4 is 41.0 Å². The number of morpholine rings is 1. The summed E-state index contributed by atoms with van der Waals surface area (Å²) in [4.78, 5) is 32.2. The second-order valence-electron chi connectivity index (χ2n) is 6.29. The number of anilines is 1. The van der Waals surface area contributed by atoms with Gasteiger partial charge in [-0.3, -0.25) is 19.5 Å². The van der Waals surface area contributed by atoms with E-state index in [4.69, 9.17) is 21.7 Å². The molecule has 2 heterocycles. The van der Waals surface area contributed by atoms with Gasteiger partial charge in [0.15, 0.2) is 11.0 Å². The van der Waals surface area contributed by atoms with Gasteiger partial charge in [-0.1, -0.05) is 12.1 Å². The Bertz CT molecular complexity index is 749. The van der Waals surface area contributed by atoms with Crippen molar-refractivity contribution in [3.05, 3.63) is 24.3 Å². The third-order valence-corrected chi connectivity index (χ3v) is 4.86. The lowest BCUT2D eigenvalue weighted by Crippen LogP contribution is -3.14. The van der Waals surface area contributed by atoms with Crippen molar-refractivity contribution in [3.8, 4) is 5.75 Å². The van der Waals surface area contributed by atoms with Gasteiger partial charge in [0.1, 0.15) is 18.8 Å². The van der Waals surface area contributed by atoms with Gasteiger partial charge in [-0.15, -0.1) is 0 Å². The van der Waals surface area contributed by atoms with E-state index in [1.807, 2.05) is 0 Å². The minimum Gasteiger partial charge on any atom is -0.495 e. The molecule has 9 heteroatoms. The fraction of sp³-hybridized carbons (Fsp3) is 0.444. The maximum Gasteiger partial charge on any atom is 0.251 e. The number of methoxy groups -OCH3 is 1. The Balaban J connectivity index is 1.69. The minimum atomic E-state index is -1.01. The van der Waals surface area contributed by atoms with Crippen molar-refractivity contribution in [2.24, 2.45) is 10.9 Å². The molecule has 0 saturated carbocycles. The zero-order valence-corrected chi connectivity index (χ0v) is 16.0. The Kier molecular flexibility index (Phi) is 6.49. The summed E-state index contributed by atoms with van der Waals surface area (Å²) in [7, 11) is 1.52. The van der Waals surface area contributed by atoms with Crippen LogP contribution in [0, 0.1) is 5.92 Å². The highest BCUT2D eigenvalue weighted by molar-refractivity contribution is 7.80. The van der Waals surface area contributed by atoms with E-state index in [0.717, 1.165) is 32.8 Å². The number of hydrogen-bond acceptors (Lipinski definition) is 6. The van der Waals surface area contributed by atoms with E-state index in [-0.39, 0.29) is 5.11 Å². The summed E-state index contributed by atoms with van der Waals surface area (Å²) in [6.07, 6.45) is 1.42. The van der Waals surface area contributed by atoms with E-state index >= 15 is 0 Å². The van der Waals surface area contributed by atoms with Crippen LogP contribution in [0.25, 0.3) is 0 Å². The molecule has 0 aromatic heterocycles. The smallest absolute Gasteiger partial charge is 0.251 e. The second kappa shape index (κ2) is 9.03. The third kappa shape index (κ3) is 4.49. The number of benzene rings is 1. The summed E-state index contributed by atoms with van der Waals surface area (Å²) in [6, 6.07) is 7.02. The molecular formula is C18H23N4O4S+. The number of nitrogens with zero attached hydrogens (tertiary/aromatic N) is 2. The predicted octanol–water partition coefficient (Wildman–Crippen LogP) is -0.955. The average Bonchev–Trinajstić information content (AvgIpc) is 2.68. The number of nitrogens with one attached hydrogen (secondary N) is 2. The van der Waals surface area contributed by atoms with Crippen LogP contribution in [0.1, 0.15) is 0 Å². The van der Waals surface area contributed by atoms with Gasteiger partial charge in [0, 0.05) is 6.21 Å². The van der Waals surface area contributed by atoms with Gasteiger partial charge in [-0.2, -0.15) is 0 Å². The number of para-hydroxylation sites is 2. The van der Waals surface area contributed by atoms with Gasteiger partial charge in [0.25, 0.3) is 5.91 Å². The molecule has 2 aliphatic heterocycles. The Labute approximate surface area is 163 Å². The zero-order chi connectivity index (χ0) is 19.2. The maximum absolute atomic E-state index is 12.9. The predicted molar refractivity (Wildman–Crippen MR) is 104 cm³/mol. The molecule has 27 heavy (non-hydrogen) atoms. The Morgan fingerprint density at radius 3 is 2.85 bits per heavy atom. The number of ether oxygens (including phenoxy) is 2. The molecule has 2 fully saturated rings. The zero-order valence-electron chi connectivity index (χ0n) is 15.1. The monoisotopic (exact) mass is 391 g/mol. The first kappa shape index (κ1) is 19.4. The minimum absolute atomic E-state index is 0.0388. The lowest BCUT2D eigenvalue weighted by atomic mass is 10.1. The molecule has 0 radical (unpaired) electrons. The van der Waals surface area contributed by atoms with E-state index in [1.54, 1.807) is 24.3 Å². The van der Waals surface area contributed by atoms with Crippen LogP contribution in [0.15, 0.2) is 29.3 Å². The molecule has 2 N–H and O–H groups in total. The molecule has 1 atom stereocenters. The Morgan fingerprint density at radius 2 is 2.11 bits per heavy atom. The molecule has 1 aromatic carbocycles. The lowest BCUT2D eigenvalue weighted by Gasteiger charge is -2.31. The molecular weight excluding hydrogens is 368 g/mol. The largest absolute Gasteiger partial charge is 0.495 e.